The molecule has 0 fully saturated rings. The maximum atomic E-state index is 5.99. The Morgan fingerprint density at radius 1 is 1.05 bits per heavy atom. The van der Waals surface area contributed by atoms with E-state index in [0.717, 1.165) is 16.3 Å². The number of hydrogen-bond donors (Lipinski definition) is 1. The third-order valence-corrected chi connectivity index (χ3v) is 4.50. The van der Waals surface area contributed by atoms with Crippen LogP contribution in [0.2, 0.25) is 5.02 Å². The molecule has 5 heteroatoms. The first-order chi connectivity index (χ1) is 9.65. The summed E-state index contributed by atoms with van der Waals surface area (Å²) in [4.78, 5) is 0. The van der Waals surface area contributed by atoms with Crippen molar-refractivity contribution >= 4 is 39.9 Å². The number of rotatable bonds is 4. The average molecular weight is 323 g/mol. The van der Waals surface area contributed by atoms with Crippen molar-refractivity contribution in [2.75, 3.05) is 0 Å². The summed E-state index contributed by atoms with van der Waals surface area (Å²) in [6.07, 6.45) is 0. The van der Waals surface area contributed by atoms with Gasteiger partial charge in [-0.05, 0) is 23.3 Å². The van der Waals surface area contributed by atoms with Crippen molar-refractivity contribution < 1.29 is 0 Å². The Hall–Kier alpha value is -1.07. The molecule has 2 rings (SSSR count). The van der Waals surface area contributed by atoms with Gasteiger partial charge in [0, 0.05) is 10.8 Å². The summed E-state index contributed by atoms with van der Waals surface area (Å²) >= 11 is 12.7. The number of halogens is 1. The van der Waals surface area contributed by atoms with Crippen LogP contribution in [0.25, 0.3) is 0 Å². The highest BCUT2D eigenvalue weighted by molar-refractivity contribution is 8.22. The Kier molecular flexibility index (Phi) is 5.86. The van der Waals surface area contributed by atoms with Crippen molar-refractivity contribution in [2.24, 2.45) is 5.84 Å². The van der Waals surface area contributed by atoms with E-state index in [2.05, 4.69) is 0 Å². The number of hydrazine groups is 1. The van der Waals surface area contributed by atoms with E-state index in [9.17, 15) is 0 Å². The van der Waals surface area contributed by atoms with Gasteiger partial charge in [-0.25, -0.2) is 5.84 Å². The van der Waals surface area contributed by atoms with Gasteiger partial charge in [-0.2, -0.15) is 0 Å². The van der Waals surface area contributed by atoms with Crippen LogP contribution in [0.4, 0.5) is 0 Å². The van der Waals surface area contributed by atoms with E-state index in [-0.39, 0.29) is 0 Å². The fraction of sp³-hybridized carbons (Fsp3) is 0.133. The van der Waals surface area contributed by atoms with Gasteiger partial charge in [0.2, 0.25) is 0 Å². The van der Waals surface area contributed by atoms with Gasteiger partial charge >= 0.3 is 0 Å². The molecule has 0 bridgehead atoms. The van der Waals surface area contributed by atoms with Crippen LogP contribution in [-0.2, 0) is 12.3 Å². The van der Waals surface area contributed by atoms with Crippen molar-refractivity contribution in [1.29, 1.82) is 0 Å². The summed E-state index contributed by atoms with van der Waals surface area (Å²) in [7, 11) is 0. The van der Waals surface area contributed by atoms with Gasteiger partial charge in [-0.1, -0.05) is 78.0 Å². The first-order valence-electron chi connectivity index (χ1n) is 6.12. The van der Waals surface area contributed by atoms with E-state index in [1.807, 2.05) is 54.6 Å². The molecule has 2 N–H and O–H groups in total. The van der Waals surface area contributed by atoms with Gasteiger partial charge < -0.3 is 0 Å². The Bertz CT molecular complexity index is 558. The van der Waals surface area contributed by atoms with Crippen LogP contribution < -0.4 is 5.84 Å². The number of thioether (sulfide) groups is 1. The lowest BCUT2D eigenvalue weighted by Gasteiger charge is -2.18. The SMILES string of the molecule is NN(Cc1ccccc1)C(=S)SCc1ccc(Cl)cc1. The summed E-state index contributed by atoms with van der Waals surface area (Å²) in [5.41, 5.74) is 2.32. The first-order valence-corrected chi connectivity index (χ1v) is 7.89. The highest BCUT2D eigenvalue weighted by atomic mass is 35.5. The molecule has 0 saturated carbocycles. The lowest BCUT2D eigenvalue weighted by molar-refractivity contribution is 0.450. The van der Waals surface area contributed by atoms with Crippen LogP contribution in [0.15, 0.2) is 54.6 Å². The quantitative estimate of drug-likeness (QED) is 0.518. The van der Waals surface area contributed by atoms with Gasteiger partial charge in [0.1, 0.15) is 0 Å². The highest BCUT2D eigenvalue weighted by Gasteiger charge is 2.07. The number of thiocarbonyl (C=S) groups is 1. The molecule has 0 amide bonds. The van der Waals surface area contributed by atoms with E-state index in [1.165, 1.54) is 5.56 Å². The molecular formula is C15H15ClN2S2. The molecule has 0 atom stereocenters. The second-order valence-electron chi connectivity index (χ2n) is 4.29. The zero-order valence-corrected chi connectivity index (χ0v) is 13.2. The lowest BCUT2D eigenvalue weighted by atomic mass is 10.2. The maximum absolute atomic E-state index is 5.99. The Labute approximate surface area is 133 Å². The largest absolute Gasteiger partial charge is 0.291 e. The Morgan fingerprint density at radius 3 is 2.35 bits per heavy atom. The summed E-state index contributed by atoms with van der Waals surface area (Å²) in [6.45, 7) is 0.618. The molecule has 20 heavy (non-hydrogen) atoms. The molecule has 0 aliphatic carbocycles. The molecule has 2 aromatic carbocycles. The number of nitrogens with zero attached hydrogens (tertiary/aromatic N) is 1. The van der Waals surface area contributed by atoms with Gasteiger partial charge in [0.25, 0.3) is 0 Å². The van der Waals surface area contributed by atoms with Gasteiger partial charge in [-0.3, -0.25) is 5.01 Å². The van der Waals surface area contributed by atoms with E-state index in [1.54, 1.807) is 16.8 Å². The standard InChI is InChI=1S/C15H15ClN2S2/c16-14-8-6-13(7-9-14)11-20-15(19)18(17)10-12-4-2-1-3-5-12/h1-9H,10-11,17H2. The van der Waals surface area contributed by atoms with E-state index < -0.39 is 0 Å². The number of nitrogens with two attached hydrogens (primary N) is 1. The van der Waals surface area contributed by atoms with E-state index in [0.29, 0.717) is 10.9 Å². The topological polar surface area (TPSA) is 29.3 Å². The van der Waals surface area contributed by atoms with Crippen molar-refractivity contribution in [1.82, 2.24) is 5.01 Å². The van der Waals surface area contributed by atoms with Gasteiger partial charge in [-0.15, -0.1) is 0 Å². The number of benzene rings is 2. The van der Waals surface area contributed by atoms with Gasteiger partial charge in [0.05, 0.1) is 6.54 Å². The van der Waals surface area contributed by atoms with Crippen LogP contribution in [0, 0.1) is 0 Å². The predicted octanol–water partition coefficient (Wildman–Crippen LogP) is 4.23. The zero-order valence-electron chi connectivity index (χ0n) is 10.8. The van der Waals surface area contributed by atoms with Crippen molar-refractivity contribution in [3.8, 4) is 0 Å². The molecule has 0 radical (unpaired) electrons. The maximum Gasteiger partial charge on any atom is 0.151 e. The summed E-state index contributed by atoms with van der Waals surface area (Å²) in [5.74, 6) is 6.78. The molecule has 0 saturated heterocycles. The Morgan fingerprint density at radius 2 is 1.70 bits per heavy atom. The number of hydrogen-bond acceptors (Lipinski definition) is 3. The monoisotopic (exact) mass is 322 g/mol. The smallest absolute Gasteiger partial charge is 0.151 e. The normalized spacial score (nSPS) is 10.3. The Balaban J connectivity index is 1.83. The molecule has 0 aromatic heterocycles. The van der Waals surface area contributed by atoms with E-state index >= 15 is 0 Å². The third-order valence-electron chi connectivity index (χ3n) is 2.71. The first kappa shape index (κ1) is 15.3. The molecule has 0 unspecified atom stereocenters. The average Bonchev–Trinajstić information content (AvgIpc) is 2.47. The molecule has 2 nitrogen and oxygen atoms in total. The van der Waals surface area contributed by atoms with Crippen LogP contribution in [0.1, 0.15) is 11.1 Å². The zero-order chi connectivity index (χ0) is 14.4. The predicted molar refractivity (Wildman–Crippen MR) is 91.5 cm³/mol. The van der Waals surface area contributed by atoms with Crippen LogP contribution in [-0.4, -0.2) is 9.33 Å². The second kappa shape index (κ2) is 7.64. The third kappa shape index (κ3) is 4.80. The molecular weight excluding hydrogens is 308 g/mol. The van der Waals surface area contributed by atoms with Gasteiger partial charge in [0.15, 0.2) is 4.32 Å². The summed E-state index contributed by atoms with van der Waals surface area (Å²) in [5, 5.41) is 2.34. The summed E-state index contributed by atoms with van der Waals surface area (Å²) in [6, 6.07) is 17.8. The minimum absolute atomic E-state index is 0.618. The van der Waals surface area contributed by atoms with Crippen LogP contribution in [0.3, 0.4) is 0 Å². The molecule has 2 aromatic rings. The highest BCUT2D eigenvalue weighted by Crippen LogP contribution is 2.18. The molecule has 104 valence electrons. The fourth-order valence-corrected chi connectivity index (χ4v) is 2.73. The van der Waals surface area contributed by atoms with E-state index in [4.69, 9.17) is 29.7 Å². The second-order valence-corrected chi connectivity index (χ2v) is 6.34. The van der Waals surface area contributed by atoms with Crippen molar-refractivity contribution in [3.05, 3.63) is 70.7 Å². The molecule has 0 spiro atoms. The van der Waals surface area contributed by atoms with Crippen LogP contribution in [0.5, 0.6) is 0 Å². The minimum Gasteiger partial charge on any atom is -0.291 e. The van der Waals surface area contributed by atoms with Crippen molar-refractivity contribution in [3.63, 3.8) is 0 Å². The minimum atomic E-state index is 0.618. The molecule has 0 aliphatic rings. The molecule has 0 aliphatic heterocycles. The summed E-state index contributed by atoms with van der Waals surface area (Å²) < 4.78 is 0.684. The van der Waals surface area contributed by atoms with Crippen molar-refractivity contribution in [2.45, 2.75) is 12.3 Å². The van der Waals surface area contributed by atoms with Crippen LogP contribution >= 0.6 is 35.6 Å². The lowest BCUT2D eigenvalue weighted by Crippen LogP contribution is -2.33. The molecule has 0 heterocycles. The fourth-order valence-electron chi connectivity index (χ4n) is 1.65.